The molecular formula is C21H19NOS. The highest BCUT2D eigenvalue weighted by molar-refractivity contribution is 7.99. The van der Waals surface area contributed by atoms with Crippen molar-refractivity contribution in [3.05, 3.63) is 83.9 Å². The summed E-state index contributed by atoms with van der Waals surface area (Å²) in [6.07, 6.45) is 1.87. The van der Waals surface area contributed by atoms with Gasteiger partial charge in [0.1, 0.15) is 5.75 Å². The van der Waals surface area contributed by atoms with Gasteiger partial charge in [-0.15, -0.1) is 0 Å². The molecule has 0 N–H and O–H groups in total. The van der Waals surface area contributed by atoms with Crippen molar-refractivity contribution in [1.29, 1.82) is 0 Å². The Kier molecular flexibility index (Phi) is 5.34. The maximum Gasteiger partial charge on any atom is 0.121 e. The number of methoxy groups -OCH3 is 1. The van der Waals surface area contributed by atoms with Crippen LogP contribution >= 0.6 is 11.8 Å². The van der Waals surface area contributed by atoms with E-state index in [-0.39, 0.29) is 0 Å². The van der Waals surface area contributed by atoms with E-state index in [0.717, 1.165) is 17.0 Å². The first-order valence-corrected chi connectivity index (χ1v) is 8.57. The number of aliphatic imine (C=N–C) groups is 1. The lowest BCUT2D eigenvalue weighted by Gasteiger charge is -2.03. The summed E-state index contributed by atoms with van der Waals surface area (Å²) in [4.78, 5) is 6.96. The Morgan fingerprint density at radius 1 is 0.875 bits per heavy atom. The van der Waals surface area contributed by atoms with Crippen LogP contribution < -0.4 is 4.74 Å². The van der Waals surface area contributed by atoms with E-state index in [1.165, 1.54) is 15.4 Å². The Labute approximate surface area is 147 Å². The number of rotatable bonds is 5. The van der Waals surface area contributed by atoms with E-state index in [2.05, 4.69) is 60.4 Å². The van der Waals surface area contributed by atoms with Crippen molar-refractivity contribution >= 4 is 23.7 Å². The minimum atomic E-state index is 0.814. The summed E-state index contributed by atoms with van der Waals surface area (Å²) in [6, 6.07) is 24.7. The van der Waals surface area contributed by atoms with Crippen LogP contribution in [0.4, 0.5) is 5.69 Å². The van der Waals surface area contributed by atoms with Crippen LogP contribution in [0.5, 0.6) is 5.75 Å². The van der Waals surface area contributed by atoms with Gasteiger partial charge in [0.15, 0.2) is 0 Å². The van der Waals surface area contributed by atoms with Crippen molar-refractivity contribution in [3.63, 3.8) is 0 Å². The van der Waals surface area contributed by atoms with E-state index < -0.39 is 0 Å². The maximum absolute atomic E-state index is 5.21. The number of ether oxygens (including phenoxy) is 1. The molecule has 0 unspecified atom stereocenters. The molecule has 0 bridgehead atoms. The normalized spacial score (nSPS) is 10.9. The van der Waals surface area contributed by atoms with E-state index in [0.29, 0.717) is 0 Å². The van der Waals surface area contributed by atoms with Crippen LogP contribution in [0.25, 0.3) is 0 Å². The number of benzene rings is 3. The summed E-state index contributed by atoms with van der Waals surface area (Å²) in [5.74, 6) is 0.814. The summed E-state index contributed by atoms with van der Waals surface area (Å²) < 4.78 is 5.21. The molecule has 0 spiro atoms. The van der Waals surface area contributed by atoms with Crippen molar-refractivity contribution in [2.75, 3.05) is 7.11 Å². The SMILES string of the molecule is COc1cccc(N=Cc2ccc(Sc3ccc(C)cc3)cc2)c1. The molecule has 0 aliphatic carbocycles. The Morgan fingerprint density at radius 3 is 2.21 bits per heavy atom. The minimum absolute atomic E-state index is 0.814. The molecule has 0 aromatic heterocycles. The molecule has 3 aromatic carbocycles. The first kappa shape index (κ1) is 16.3. The number of nitrogens with zero attached hydrogens (tertiary/aromatic N) is 1. The van der Waals surface area contributed by atoms with Crippen molar-refractivity contribution < 1.29 is 4.74 Å². The number of aryl methyl sites for hydroxylation is 1. The standard InChI is InChI=1S/C21H19NOS/c1-16-6-10-20(11-7-16)24-21-12-8-17(9-13-21)15-22-18-4-3-5-19(14-18)23-2/h3-15H,1-2H3. The average molecular weight is 333 g/mol. The van der Waals surface area contributed by atoms with Crippen molar-refractivity contribution in [3.8, 4) is 5.75 Å². The topological polar surface area (TPSA) is 21.6 Å². The molecule has 0 radical (unpaired) electrons. The van der Waals surface area contributed by atoms with E-state index in [9.17, 15) is 0 Å². The summed E-state index contributed by atoms with van der Waals surface area (Å²) in [6.45, 7) is 2.10. The minimum Gasteiger partial charge on any atom is -0.497 e. The van der Waals surface area contributed by atoms with Gasteiger partial charge in [-0.05, 0) is 48.9 Å². The van der Waals surface area contributed by atoms with Crippen LogP contribution in [-0.4, -0.2) is 13.3 Å². The van der Waals surface area contributed by atoms with Crippen LogP contribution in [0.2, 0.25) is 0 Å². The Balaban J connectivity index is 1.67. The molecule has 2 nitrogen and oxygen atoms in total. The first-order chi connectivity index (χ1) is 11.7. The highest BCUT2D eigenvalue weighted by atomic mass is 32.2. The number of hydrogen-bond acceptors (Lipinski definition) is 3. The van der Waals surface area contributed by atoms with Crippen molar-refractivity contribution in [2.24, 2.45) is 4.99 Å². The van der Waals surface area contributed by atoms with Crippen molar-refractivity contribution in [1.82, 2.24) is 0 Å². The molecule has 0 amide bonds. The van der Waals surface area contributed by atoms with E-state index in [1.807, 2.05) is 30.5 Å². The second kappa shape index (κ2) is 7.84. The Hall–Kier alpha value is -2.52. The van der Waals surface area contributed by atoms with Gasteiger partial charge in [-0.25, -0.2) is 0 Å². The summed E-state index contributed by atoms with van der Waals surface area (Å²) in [5, 5.41) is 0. The van der Waals surface area contributed by atoms with Crippen molar-refractivity contribution in [2.45, 2.75) is 16.7 Å². The third kappa shape index (κ3) is 4.49. The molecule has 0 aliphatic rings. The van der Waals surface area contributed by atoms with Gasteiger partial charge in [-0.1, -0.05) is 47.7 Å². The third-order valence-corrected chi connectivity index (χ3v) is 4.57. The van der Waals surface area contributed by atoms with E-state index in [4.69, 9.17) is 4.74 Å². The Morgan fingerprint density at radius 2 is 1.54 bits per heavy atom. The zero-order valence-electron chi connectivity index (χ0n) is 13.8. The second-order valence-electron chi connectivity index (χ2n) is 5.44. The zero-order chi connectivity index (χ0) is 16.8. The summed E-state index contributed by atoms with van der Waals surface area (Å²) in [5.41, 5.74) is 3.24. The highest BCUT2D eigenvalue weighted by Gasteiger charge is 1.98. The van der Waals surface area contributed by atoms with Crippen LogP contribution in [0, 0.1) is 6.92 Å². The predicted molar refractivity (Wildman–Crippen MR) is 102 cm³/mol. The quantitative estimate of drug-likeness (QED) is 0.542. The molecule has 3 aromatic rings. The van der Waals surface area contributed by atoms with Crippen LogP contribution in [0.3, 0.4) is 0 Å². The molecule has 0 saturated carbocycles. The van der Waals surface area contributed by atoms with Crippen LogP contribution in [0.1, 0.15) is 11.1 Å². The zero-order valence-corrected chi connectivity index (χ0v) is 14.6. The third-order valence-electron chi connectivity index (χ3n) is 3.55. The predicted octanol–water partition coefficient (Wildman–Crippen LogP) is 5.91. The molecule has 0 heterocycles. The molecule has 120 valence electrons. The number of hydrogen-bond donors (Lipinski definition) is 0. The largest absolute Gasteiger partial charge is 0.497 e. The van der Waals surface area contributed by atoms with Gasteiger partial charge < -0.3 is 4.74 Å². The maximum atomic E-state index is 5.21. The fraction of sp³-hybridized carbons (Fsp3) is 0.0952. The van der Waals surface area contributed by atoms with Gasteiger partial charge in [0, 0.05) is 22.1 Å². The molecule has 0 fully saturated rings. The van der Waals surface area contributed by atoms with Gasteiger partial charge in [0.05, 0.1) is 12.8 Å². The van der Waals surface area contributed by atoms with Gasteiger partial charge in [-0.2, -0.15) is 0 Å². The molecule has 0 atom stereocenters. The summed E-state index contributed by atoms with van der Waals surface area (Å²) in [7, 11) is 1.66. The lowest BCUT2D eigenvalue weighted by Crippen LogP contribution is -1.82. The van der Waals surface area contributed by atoms with Gasteiger partial charge in [0.25, 0.3) is 0 Å². The average Bonchev–Trinajstić information content (AvgIpc) is 2.63. The lowest BCUT2D eigenvalue weighted by atomic mass is 10.2. The molecule has 0 saturated heterocycles. The molecule has 0 aliphatic heterocycles. The molecule has 3 rings (SSSR count). The smallest absolute Gasteiger partial charge is 0.121 e. The van der Waals surface area contributed by atoms with Gasteiger partial charge >= 0.3 is 0 Å². The van der Waals surface area contributed by atoms with Gasteiger partial charge in [-0.3, -0.25) is 4.99 Å². The second-order valence-corrected chi connectivity index (χ2v) is 6.59. The molecular weight excluding hydrogens is 314 g/mol. The lowest BCUT2D eigenvalue weighted by molar-refractivity contribution is 0.415. The summed E-state index contributed by atoms with van der Waals surface area (Å²) >= 11 is 1.76. The molecule has 3 heteroatoms. The highest BCUT2D eigenvalue weighted by Crippen LogP contribution is 2.27. The monoisotopic (exact) mass is 333 g/mol. The van der Waals surface area contributed by atoms with E-state index >= 15 is 0 Å². The van der Waals surface area contributed by atoms with Gasteiger partial charge in [0.2, 0.25) is 0 Å². The molecule has 24 heavy (non-hydrogen) atoms. The van der Waals surface area contributed by atoms with Crippen LogP contribution in [0.15, 0.2) is 87.6 Å². The first-order valence-electron chi connectivity index (χ1n) is 7.76. The Bertz CT molecular complexity index is 823. The van der Waals surface area contributed by atoms with Crippen LogP contribution in [-0.2, 0) is 0 Å². The fourth-order valence-electron chi connectivity index (χ4n) is 2.20. The van der Waals surface area contributed by atoms with E-state index in [1.54, 1.807) is 18.9 Å². The fourth-order valence-corrected chi connectivity index (χ4v) is 3.02.